The average Bonchev–Trinajstić information content (AvgIpc) is 3.01. The lowest BCUT2D eigenvalue weighted by Gasteiger charge is -2.17. The smallest absolute Gasteiger partial charge is 0.416 e. The molecule has 136 valence electrons. The van der Waals surface area contributed by atoms with Gasteiger partial charge in [0.1, 0.15) is 0 Å². The maximum Gasteiger partial charge on any atom is 0.416 e. The Morgan fingerprint density at radius 3 is 2.56 bits per heavy atom. The SMILES string of the molecule is O=C(O)C1CCN(C(=O)NCc2cc([N+](=O)[O-])cc(C(F)(F)F)c2)C1. The van der Waals surface area contributed by atoms with E-state index in [0.29, 0.717) is 6.07 Å². The molecule has 0 aliphatic carbocycles. The van der Waals surface area contributed by atoms with Crippen molar-refractivity contribution in [1.29, 1.82) is 0 Å². The zero-order valence-corrected chi connectivity index (χ0v) is 12.7. The van der Waals surface area contributed by atoms with Crippen molar-refractivity contribution in [3.05, 3.63) is 39.4 Å². The van der Waals surface area contributed by atoms with Gasteiger partial charge in [-0.25, -0.2) is 4.79 Å². The Hall–Kier alpha value is -2.85. The second-order valence-electron chi connectivity index (χ2n) is 5.57. The van der Waals surface area contributed by atoms with Crippen LogP contribution in [0.25, 0.3) is 0 Å². The maximum atomic E-state index is 12.8. The fraction of sp³-hybridized carbons (Fsp3) is 0.429. The van der Waals surface area contributed by atoms with Gasteiger partial charge >= 0.3 is 18.2 Å². The molecule has 1 fully saturated rings. The van der Waals surface area contributed by atoms with Gasteiger partial charge in [0.2, 0.25) is 0 Å². The Morgan fingerprint density at radius 2 is 2.04 bits per heavy atom. The van der Waals surface area contributed by atoms with Crippen LogP contribution in [0.1, 0.15) is 17.5 Å². The van der Waals surface area contributed by atoms with Gasteiger partial charge < -0.3 is 15.3 Å². The summed E-state index contributed by atoms with van der Waals surface area (Å²) in [7, 11) is 0. The van der Waals surface area contributed by atoms with Crippen LogP contribution in [0, 0.1) is 16.0 Å². The number of benzene rings is 1. The summed E-state index contributed by atoms with van der Waals surface area (Å²) in [6.45, 7) is -0.132. The molecule has 1 aromatic carbocycles. The monoisotopic (exact) mass is 361 g/mol. The summed E-state index contributed by atoms with van der Waals surface area (Å²) in [4.78, 5) is 33.9. The molecule has 1 heterocycles. The third-order valence-corrected chi connectivity index (χ3v) is 3.78. The number of hydrogen-bond acceptors (Lipinski definition) is 4. The second-order valence-corrected chi connectivity index (χ2v) is 5.57. The fourth-order valence-electron chi connectivity index (χ4n) is 2.48. The van der Waals surface area contributed by atoms with Gasteiger partial charge in [0.05, 0.1) is 16.4 Å². The molecule has 1 aromatic rings. The molecule has 1 aliphatic rings. The Kier molecular flexibility index (Phi) is 5.14. The standard InChI is InChI=1S/C14H14F3N3O5/c15-14(16,17)10-3-8(4-11(5-10)20(24)25)6-18-13(23)19-2-1-9(7-19)12(21)22/h3-5,9H,1-2,6-7H2,(H,18,23)(H,21,22). The number of rotatable bonds is 4. The molecule has 8 nitrogen and oxygen atoms in total. The number of nitro groups is 1. The molecule has 2 N–H and O–H groups in total. The molecule has 0 bridgehead atoms. The van der Waals surface area contributed by atoms with E-state index >= 15 is 0 Å². The first-order valence-electron chi connectivity index (χ1n) is 7.19. The maximum absolute atomic E-state index is 12.8. The van der Waals surface area contributed by atoms with Gasteiger partial charge in [-0.2, -0.15) is 13.2 Å². The number of hydrogen-bond donors (Lipinski definition) is 2. The number of likely N-dealkylation sites (tertiary alicyclic amines) is 1. The van der Waals surface area contributed by atoms with Gasteiger partial charge in [-0.05, 0) is 18.1 Å². The van der Waals surface area contributed by atoms with E-state index in [2.05, 4.69) is 5.32 Å². The number of non-ortho nitro benzene ring substituents is 1. The molecule has 2 amide bonds. The number of carbonyl (C=O) groups is 2. The lowest BCUT2D eigenvalue weighted by Crippen LogP contribution is -2.38. The molecule has 11 heteroatoms. The van der Waals surface area contributed by atoms with E-state index in [9.17, 15) is 32.9 Å². The fourth-order valence-corrected chi connectivity index (χ4v) is 2.48. The van der Waals surface area contributed by atoms with E-state index in [1.165, 1.54) is 4.90 Å². The first-order chi connectivity index (χ1) is 11.6. The van der Waals surface area contributed by atoms with Crippen molar-refractivity contribution < 1.29 is 32.8 Å². The lowest BCUT2D eigenvalue weighted by atomic mass is 10.1. The van der Waals surface area contributed by atoms with Crippen molar-refractivity contribution in [2.45, 2.75) is 19.1 Å². The molecule has 1 saturated heterocycles. The molecule has 1 aliphatic heterocycles. The van der Waals surface area contributed by atoms with E-state index in [4.69, 9.17) is 5.11 Å². The van der Waals surface area contributed by atoms with Crippen molar-refractivity contribution in [2.75, 3.05) is 13.1 Å². The first kappa shape index (κ1) is 18.5. The highest BCUT2D eigenvalue weighted by Gasteiger charge is 2.33. The quantitative estimate of drug-likeness (QED) is 0.631. The van der Waals surface area contributed by atoms with Crippen LogP contribution in [0.5, 0.6) is 0 Å². The van der Waals surface area contributed by atoms with Gasteiger partial charge in [0.25, 0.3) is 5.69 Å². The van der Waals surface area contributed by atoms with Crippen molar-refractivity contribution in [2.24, 2.45) is 5.92 Å². The van der Waals surface area contributed by atoms with E-state index in [1.807, 2.05) is 0 Å². The summed E-state index contributed by atoms with van der Waals surface area (Å²) in [5, 5.41) is 22.0. The Morgan fingerprint density at radius 1 is 1.36 bits per heavy atom. The van der Waals surface area contributed by atoms with Crippen molar-refractivity contribution in [3.8, 4) is 0 Å². The van der Waals surface area contributed by atoms with E-state index < -0.39 is 40.3 Å². The van der Waals surface area contributed by atoms with Crippen molar-refractivity contribution in [1.82, 2.24) is 10.2 Å². The van der Waals surface area contributed by atoms with Crippen LogP contribution in [0.2, 0.25) is 0 Å². The van der Waals surface area contributed by atoms with E-state index in [1.54, 1.807) is 0 Å². The minimum absolute atomic E-state index is 0.00387. The third kappa shape index (κ3) is 4.58. The van der Waals surface area contributed by atoms with Crippen molar-refractivity contribution >= 4 is 17.7 Å². The molecule has 1 atom stereocenters. The lowest BCUT2D eigenvalue weighted by molar-refractivity contribution is -0.385. The van der Waals surface area contributed by atoms with E-state index in [-0.39, 0.29) is 31.6 Å². The van der Waals surface area contributed by atoms with Gasteiger partial charge in [0, 0.05) is 31.8 Å². The van der Waals surface area contributed by atoms with E-state index in [0.717, 1.165) is 12.1 Å². The number of carboxylic acids is 1. The Labute approximate surface area is 139 Å². The summed E-state index contributed by atoms with van der Waals surface area (Å²) in [6, 6.07) is 1.45. The molecular weight excluding hydrogens is 347 g/mol. The summed E-state index contributed by atoms with van der Waals surface area (Å²) in [6.07, 6.45) is -4.47. The first-order valence-corrected chi connectivity index (χ1v) is 7.19. The summed E-state index contributed by atoms with van der Waals surface area (Å²) in [5.74, 6) is -1.70. The highest BCUT2D eigenvalue weighted by atomic mass is 19.4. The zero-order valence-electron chi connectivity index (χ0n) is 12.7. The number of nitro benzene ring substituents is 1. The number of halogens is 3. The van der Waals surface area contributed by atoms with Crippen LogP contribution in [0.3, 0.4) is 0 Å². The average molecular weight is 361 g/mol. The number of carbonyl (C=O) groups excluding carboxylic acids is 1. The predicted molar refractivity (Wildman–Crippen MR) is 77.6 cm³/mol. The van der Waals surface area contributed by atoms with Gasteiger partial charge in [-0.3, -0.25) is 14.9 Å². The summed E-state index contributed by atoms with van der Waals surface area (Å²) < 4.78 is 38.4. The minimum Gasteiger partial charge on any atom is -0.481 e. The van der Waals surface area contributed by atoms with Gasteiger partial charge in [-0.15, -0.1) is 0 Å². The molecule has 0 spiro atoms. The highest BCUT2D eigenvalue weighted by molar-refractivity contribution is 5.77. The predicted octanol–water partition coefficient (Wildman–Crippen LogP) is 2.23. The topological polar surface area (TPSA) is 113 Å². The van der Waals surface area contributed by atoms with Gasteiger partial charge in [0.15, 0.2) is 0 Å². The molecular formula is C14H14F3N3O5. The van der Waals surface area contributed by atoms with Crippen LogP contribution >= 0.6 is 0 Å². The third-order valence-electron chi connectivity index (χ3n) is 3.78. The van der Waals surface area contributed by atoms with Crippen molar-refractivity contribution in [3.63, 3.8) is 0 Å². The van der Waals surface area contributed by atoms with Crippen LogP contribution in [0.4, 0.5) is 23.7 Å². The zero-order chi connectivity index (χ0) is 18.8. The van der Waals surface area contributed by atoms with Crippen LogP contribution < -0.4 is 5.32 Å². The largest absolute Gasteiger partial charge is 0.481 e. The molecule has 0 aromatic heterocycles. The normalized spacial score (nSPS) is 17.4. The molecule has 0 radical (unpaired) electrons. The van der Waals surface area contributed by atoms with Crippen LogP contribution in [-0.2, 0) is 17.5 Å². The molecule has 2 rings (SSSR count). The number of alkyl halides is 3. The Balaban J connectivity index is 2.07. The summed E-state index contributed by atoms with van der Waals surface area (Å²) in [5.41, 5.74) is -1.99. The summed E-state index contributed by atoms with van der Waals surface area (Å²) >= 11 is 0. The molecule has 0 saturated carbocycles. The van der Waals surface area contributed by atoms with Crippen LogP contribution in [-0.4, -0.2) is 40.0 Å². The molecule has 1 unspecified atom stereocenters. The number of urea groups is 1. The number of aliphatic carboxylic acids is 1. The second kappa shape index (κ2) is 6.95. The number of nitrogens with one attached hydrogen (secondary N) is 1. The number of carboxylic acid groups (broad SMARTS) is 1. The number of amides is 2. The minimum atomic E-state index is -4.76. The highest BCUT2D eigenvalue weighted by Crippen LogP contribution is 2.32. The van der Waals surface area contributed by atoms with Crippen LogP contribution in [0.15, 0.2) is 18.2 Å². The van der Waals surface area contributed by atoms with Gasteiger partial charge in [-0.1, -0.05) is 0 Å². The number of nitrogens with zero attached hydrogens (tertiary/aromatic N) is 2. The Bertz CT molecular complexity index is 707. The molecule has 25 heavy (non-hydrogen) atoms.